The summed E-state index contributed by atoms with van der Waals surface area (Å²) in [6.07, 6.45) is 0.868. The van der Waals surface area contributed by atoms with Gasteiger partial charge < -0.3 is 4.90 Å². The van der Waals surface area contributed by atoms with Crippen LogP contribution in [-0.2, 0) is 13.0 Å². The number of urea groups is 1. The zero-order valence-electron chi connectivity index (χ0n) is 11.3. The lowest BCUT2D eigenvalue weighted by Crippen LogP contribution is -2.49. The number of nitrogens with one attached hydrogen (secondary N) is 2. The van der Waals surface area contributed by atoms with E-state index in [0.717, 1.165) is 6.42 Å². The van der Waals surface area contributed by atoms with Crippen LogP contribution in [0.3, 0.4) is 0 Å². The van der Waals surface area contributed by atoms with Crippen molar-refractivity contribution in [2.75, 3.05) is 6.54 Å². The fraction of sp³-hybridized carbons (Fsp3) is 0.200. The second kappa shape index (κ2) is 5.97. The van der Waals surface area contributed by atoms with E-state index in [1.165, 1.54) is 10.4 Å². The monoisotopic (exact) mass is 301 g/mol. The molecule has 0 radical (unpaired) electrons. The van der Waals surface area contributed by atoms with Crippen LogP contribution < -0.4 is 10.9 Å². The molecule has 0 aliphatic carbocycles. The molecular weight excluding hydrogens is 286 g/mol. The molecule has 108 valence electrons. The number of rotatable bonds is 1. The van der Waals surface area contributed by atoms with Gasteiger partial charge in [-0.3, -0.25) is 10.2 Å². The number of fused-ring (bicyclic) bond motifs is 1. The SMILES string of the molecule is O=C(NNC(=O)N1CCc2sccc2C1)c1ccccc1. The van der Waals surface area contributed by atoms with Crippen molar-refractivity contribution in [2.24, 2.45) is 0 Å². The van der Waals surface area contributed by atoms with E-state index in [2.05, 4.69) is 10.9 Å². The first-order valence-electron chi connectivity index (χ1n) is 6.69. The molecular formula is C15H15N3O2S. The highest BCUT2D eigenvalue weighted by atomic mass is 32.1. The second-order valence-electron chi connectivity index (χ2n) is 4.79. The van der Waals surface area contributed by atoms with E-state index >= 15 is 0 Å². The van der Waals surface area contributed by atoms with Gasteiger partial charge in [-0.15, -0.1) is 11.3 Å². The highest BCUT2D eigenvalue weighted by Gasteiger charge is 2.21. The maximum absolute atomic E-state index is 12.1. The Morgan fingerprint density at radius 3 is 2.71 bits per heavy atom. The molecule has 0 saturated carbocycles. The summed E-state index contributed by atoms with van der Waals surface area (Å²) in [4.78, 5) is 27.0. The van der Waals surface area contributed by atoms with E-state index in [9.17, 15) is 9.59 Å². The lowest BCUT2D eigenvalue weighted by atomic mass is 10.1. The van der Waals surface area contributed by atoms with Crippen molar-refractivity contribution in [3.63, 3.8) is 0 Å². The third kappa shape index (κ3) is 3.05. The van der Waals surface area contributed by atoms with Crippen LogP contribution in [0.5, 0.6) is 0 Å². The number of amides is 3. The number of hydrogen-bond acceptors (Lipinski definition) is 3. The van der Waals surface area contributed by atoms with Crippen molar-refractivity contribution in [1.82, 2.24) is 15.8 Å². The Kier molecular flexibility index (Phi) is 3.87. The number of hydrazine groups is 1. The summed E-state index contributed by atoms with van der Waals surface area (Å²) >= 11 is 1.73. The number of carbonyl (C=O) groups is 2. The maximum Gasteiger partial charge on any atom is 0.336 e. The molecule has 2 heterocycles. The fourth-order valence-corrected chi connectivity index (χ4v) is 3.16. The van der Waals surface area contributed by atoms with Crippen LogP contribution in [0.1, 0.15) is 20.8 Å². The van der Waals surface area contributed by atoms with Gasteiger partial charge in [-0.25, -0.2) is 10.2 Å². The maximum atomic E-state index is 12.1. The van der Waals surface area contributed by atoms with Gasteiger partial charge in [0.15, 0.2) is 0 Å². The molecule has 5 nitrogen and oxygen atoms in total. The first-order valence-corrected chi connectivity index (χ1v) is 7.57. The van der Waals surface area contributed by atoms with Gasteiger partial charge in [-0.2, -0.15) is 0 Å². The van der Waals surface area contributed by atoms with Gasteiger partial charge in [0, 0.05) is 23.5 Å². The summed E-state index contributed by atoms with van der Waals surface area (Å²) in [5.74, 6) is -0.322. The third-order valence-electron chi connectivity index (χ3n) is 3.41. The number of nitrogens with zero attached hydrogens (tertiary/aromatic N) is 1. The number of hydrogen-bond donors (Lipinski definition) is 2. The summed E-state index contributed by atoms with van der Waals surface area (Å²) in [6.45, 7) is 1.26. The first-order chi connectivity index (χ1) is 10.2. The summed E-state index contributed by atoms with van der Waals surface area (Å²) < 4.78 is 0. The molecule has 21 heavy (non-hydrogen) atoms. The lowest BCUT2D eigenvalue weighted by Gasteiger charge is -2.27. The van der Waals surface area contributed by atoms with Gasteiger partial charge in [0.25, 0.3) is 5.91 Å². The topological polar surface area (TPSA) is 61.4 Å². The molecule has 2 aromatic rings. The average molecular weight is 301 g/mol. The Balaban J connectivity index is 1.54. The lowest BCUT2D eigenvalue weighted by molar-refractivity contribution is 0.0929. The van der Waals surface area contributed by atoms with Crippen LogP contribution in [0.2, 0.25) is 0 Å². The van der Waals surface area contributed by atoms with Gasteiger partial charge in [0.2, 0.25) is 0 Å². The van der Waals surface area contributed by atoms with E-state index in [0.29, 0.717) is 18.7 Å². The Hall–Kier alpha value is -2.34. The minimum absolute atomic E-state index is 0.281. The Labute approximate surface area is 126 Å². The molecule has 0 spiro atoms. The smallest absolute Gasteiger partial charge is 0.319 e. The number of carbonyl (C=O) groups excluding carboxylic acids is 2. The molecule has 1 aliphatic heterocycles. The molecule has 0 atom stereocenters. The van der Waals surface area contributed by atoms with Crippen molar-refractivity contribution in [2.45, 2.75) is 13.0 Å². The Morgan fingerprint density at radius 1 is 1.10 bits per heavy atom. The Morgan fingerprint density at radius 2 is 1.90 bits per heavy atom. The summed E-state index contributed by atoms with van der Waals surface area (Å²) in [6, 6.07) is 10.5. The predicted octanol–water partition coefficient (Wildman–Crippen LogP) is 2.16. The molecule has 3 amide bonds. The van der Waals surface area contributed by atoms with E-state index in [1.807, 2.05) is 17.5 Å². The quantitative estimate of drug-likeness (QED) is 0.793. The third-order valence-corrected chi connectivity index (χ3v) is 4.44. The molecule has 1 aromatic carbocycles. The molecule has 6 heteroatoms. The van der Waals surface area contributed by atoms with E-state index in [-0.39, 0.29) is 11.9 Å². The molecule has 0 unspecified atom stereocenters. The van der Waals surface area contributed by atoms with Crippen LogP contribution in [-0.4, -0.2) is 23.4 Å². The second-order valence-corrected chi connectivity index (χ2v) is 5.79. The van der Waals surface area contributed by atoms with Crippen molar-refractivity contribution in [1.29, 1.82) is 0 Å². The van der Waals surface area contributed by atoms with Crippen molar-refractivity contribution in [3.05, 3.63) is 57.8 Å². The van der Waals surface area contributed by atoms with E-state index in [1.54, 1.807) is 40.5 Å². The molecule has 1 aromatic heterocycles. The van der Waals surface area contributed by atoms with Crippen LogP contribution in [0.4, 0.5) is 4.79 Å². The molecule has 1 aliphatic rings. The highest BCUT2D eigenvalue weighted by Crippen LogP contribution is 2.23. The summed E-state index contributed by atoms with van der Waals surface area (Å²) in [5, 5.41) is 2.04. The van der Waals surface area contributed by atoms with Gasteiger partial charge >= 0.3 is 6.03 Å². The molecule has 0 fully saturated rings. The van der Waals surface area contributed by atoms with Crippen LogP contribution in [0.25, 0.3) is 0 Å². The van der Waals surface area contributed by atoms with E-state index in [4.69, 9.17) is 0 Å². The number of thiophene rings is 1. The largest absolute Gasteiger partial charge is 0.336 e. The minimum atomic E-state index is -0.322. The predicted molar refractivity (Wildman–Crippen MR) is 80.9 cm³/mol. The standard InChI is InChI=1S/C15H15N3O2S/c19-14(11-4-2-1-3-5-11)16-17-15(20)18-8-6-13-12(10-18)7-9-21-13/h1-5,7,9H,6,8,10H2,(H,16,19)(H,17,20). The average Bonchev–Trinajstić information content (AvgIpc) is 3.00. The van der Waals surface area contributed by atoms with Crippen LogP contribution >= 0.6 is 11.3 Å². The van der Waals surface area contributed by atoms with Gasteiger partial charge in [-0.1, -0.05) is 18.2 Å². The van der Waals surface area contributed by atoms with E-state index < -0.39 is 0 Å². The zero-order valence-corrected chi connectivity index (χ0v) is 12.2. The van der Waals surface area contributed by atoms with Gasteiger partial charge in [0.05, 0.1) is 0 Å². The zero-order chi connectivity index (χ0) is 14.7. The molecule has 2 N–H and O–H groups in total. The summed E-state index contributed by atoms with van der Waals surface area (Å²) in [7, 11) is 0. The summed E-state index contributed by atoms with van der Waals surface area (Å²) in [5.41, 5.74) is 6.60. The molecule has 0 saturated heterocycles. The normalized spacial score (nSPS) is 13.4. The van der Waals surface area contributed by atoms with Crippen LogP contribution in [0, 0.1) is 0 Å². The van der Waals surface area contributed by atoms with Crippen LogP contribution in [0.15, 0.2) is 41.8 Å². The molecule has 3 rings (SSSR count). The number of benzene rings is 1. The highest BCUT2D eigenvalue weighted by molar-refractivity contribution is 7.10. The van der Waals surface area contributed by atoms with Gasteiger partial charge in [-0.05, 0) is 35.6 Å². The fourth-order valence-electron chi connectivity index (χ4n) is 2.27. The van der Waals surface area contributed by atoms with Crippen molar-refractivity contribution >= 4 is 23.3 Å². The Bertz CT molecular complexity index is 654. The minimum Gasteiger partial charge on any atom is -0.319 e. The van der Waals surface area contributed by atoms with Crippen molar-refractivity contribution < 1.29 is 9.59 Å². The van der Waals surface area contributed by atoms with Crippen molar-refractivity contribution in [3.8, 4) is 0 Å². The molecule has 0 bridgehead atoms. The van der Waals surface area contributed by atoms with Gasteiger partial charge in [0.1, 0.15) is 0 Å². The first kappa shape index (κ1) is 13.6.